The van der Waals surface area contributed by atoms with E-state index in [1.165, 1.54) is 16.9 Å². The van der Waals surface area contributed by atoms with E-state index in [0.717, 1.165) is 22.6 Å². The van der Waals surface area contributed by atoms with Crippen LogP contribution < -0.4 is 4.72 Å². The summed E-state index contributed by atoms with van der Waals surface area (Å²) in [7, 11) is -3.88. The van der Waals surface area contributed by atoms with E-state index in [1.807, 2.05) is 11.4 Å². The lowest BCUT2D eigenvalue weighted by molar-refractivity contribution is -0.122. The molecule has 0 spiro atoms. The maximum atomic E-state index is 12.3. The molecule has 1 aliphatic heterocycles. The van der Waals surface area contributed by atoms with Gasteiger partial charge >= 0.3 is 0 Å². The van der Waals surface area contributed by atoms with Crippen molar-refractivity contribution in [3.05, 3.63) is 32.6 Å². The van der Waals surface area contributed by atoms with Crippen LogP contribution in [0.4, 0.5) is 0 Å². The van der Waals surface area contributed by atoms with Crippen molar-refractivity contribution in [3.63, 3.8) is 0 Å². The van der Waals surface area contributed by atoms with Gasteiger partial charge in [0, 0.05) is 4.88 Å². The fourth-order valence-corrected chi connectivity index (χ4v) is 6.03. The number of nitrogens with one attached hydrogen (secondary N) is 1. The fourth-order valence-electron chi connectivity index (χ4n) is 2.54. The summed E-state index contributed by atoms with van der Waals surface area (Å²) in [4.78, 5) is 17.3. The minimum atomic E-state index is -3.88. The van der Waals surface area contributed by atoms with Crippen LogP contribution in [-0.2, 0) is 26.0 Å². The van der Waals surface area contributed by atoms with Crippen LogP contribution in [0, 0.1) is 13.8 Å². The second kappa shape index (κ2) is 6.31. The molecule has 3 rings (SSSR count). The van der Waals surface area contributed by atoms with E-state index >= 15 is 0 Å². The molecule has 6 nitrogen and oxygen atoms in total. The first kappa shape index (κ1) is 16.6. The first-order chi connectivity index (χ1) is 10.9. The Kier molecular flexibility index (Phi) is 4.54. The van der Waals surface area contributed by atoms with Crippen molar-refractivity contribution in [3.8, 4) is 0 Å². The summed E-state index contributed by atoms with van der Waals surface area (Å²) < 4.78 is 32.5. The van der Waals surface area contributed by atoms with Crippen LogP contribution in [0.2, 0.25) is 0 Å². The smallest absolute Gasteiger partial charge is 0.275 e. The van der Waals surface area contributed by atoms with Gasteiger partial charge in [0.25, 0.3) is 10.0 Å². The SMILES string of the molecule is Cc1nc(C)c(S(=O)(=O)NC(=O)C[C@@H]2OCCc3ccsc32)s1. The molecule has 0 saturated heterocycles. The van der Waals surface area contributed by atoms with Gasteiger partial charge in [-0.3, -0.25) is 4.79 Å². The first-order valence-corrected chi connectivity index (χ1v) is 10.2. The van der Waals surface area contributed by atoms with Crippen molar-refractivity contribution in [2.75, 3.05) is 6.61 Å². The largest absolute Gasteiger partial charge is 0.372 e. The summed E-state index contributed by atoms with van der Waals surface area (Å²) in [6, 6.07) is 2.02. The molecule has 0 fully saturated rings. The summed E-state index contributed by atoms with van der Waals surface area (Å²) in [6.07, 6.45) is 0.441. The molecule has 124 valence electrons. The minimum absolute atomic E-state index is 0.0103. The molecule has 0 bridgehead atoms. The van der Waals surface area contributed by atoms with Gasteiger partial charge in [0.05, 0.1) is 23.7 Å². The number of thiazole rings is 1. The molecule has 0 saturated carbocycles. The van der Waals surface area contributed by atoms with E-state index in [9.17, 15) is 13.2 Å². The Hall–Kier alpha value is -1.29. The minimum Gasteiger partial charge on any atom is -0.372 e. The molecule has 3 heterocycles. The molecule has 1 amide bonds. The highest BCUT2D eigenvalue weighted by Crippen LogP contribution is 2.34. The van der Waals surface area contributed by atoms with Gasteiger partial charge in [0.1, 0.15) is 6.10 Å². The van der Waals surface area contributed by atoms with Crippen molar-refractivity contribution < 1.29 is 17.9 Å². The first-order valence-electron chi connectivity index (χ1n) is 7.04. The number of aromatic nitrogens is 1. The Bertz CT molecular complexity index is 838. The van der Waals surface area contributed by atoms with Crippen LogP contribution in [0.1, 0.15) is 33.7 Å². The maximum absolute atomic E-state index is 12.3. The average molecular weight is 372 g/mol. The van der Waals surface area contributed by atoms with E-state index in [0.29, 0.717) is 17.3 Å². The van der Waals surface area contributed by atoms with Crippen LogP contribution in [0.3, 0.4) is 0 Å². The molecule has 0 aromatic carbocycles. The lowest BCUT2D eigenvalue weighted by Crippen LogP contribution is -2.32. The van der Waals surface area contributed by atoms with Crippen LogP contribution >= 0.6 is 22.7 Å². The Morgan fingerprint density at radius 3 is 2.96 bits per heavy atom. The van der Waals surface area contributed by atoms with Crippen LogP contribution in [0.25, 0.3) is 0 Å². The van der Waals surface area contributed by atoms with Gasteiger partial charge in [0.2, 0.25) is 5.91 Å². The average Bonchev–Trinajstić information content (AvgIpc) is 3.05. The monoisotopic (exact) mass is 372 g/mol. The molecule has 1 aliphatic rings. The summed E-state index contributed by atoms with van der Waals surface area (Å²) in [5.74, 6) is -0.568. The zero-order valence-electron chi connectivity index (χ0n) is 12.7. The summed E-state index contributed by atoms with van der Waals surface area (Å²) in [6.45, 7) is 3.89. The van der Waals surface area contributed by atoms with Crippen LogP contribution in [0.5, 0.6) is 0 Å². The summed E-state index contributed by atoms with van der Waals surface area (Å²) in [5.41, 5.74) is 1.58. The van der Waals surface area contributed by atoms with Gasteiger partial charge in [-0.25, -0.2) is 18.1 Å². The normalized spacial score (nSPS) is 17.7. The number of carbonyl (C=O) groups excluding carboxylic acids is 1. The van der Waals surface area contributed by atoms with E-state index < -0.39 is 15.9 Å². The van der Waals surface area contributed by atoms with Gasteiger partial charge in [-0.15, -0.1) is 22.7 Å². The van der Waals surface area contributed by atoms with E-state index in [2.05, 4.69) is 9.71 Å². The third-order valence-corrected chi connectivity index (χ3v) is 7.59. The van der Waals surface area contributed by atoms with Crippen LogP contribution in [0.15, 0.2) is 15.7 Å². The molecule has 0 aliphatic carbocycles. The fraction of sp³-hybridized carbons (Fsp3) is 0.429. The molecule has 2 aromatic heterocycles. The quantitative estimate of drug-likeness (QED) is 0.890. The number of rotatable bonds is 4. The molecule has 9 heteroatoms. The Morgan fingerprint density at radius 1 is 1.48 bits per heavy atom. The molecule has 0 radical (unpaired) electrons. The number of hydrogen-bond acceptors (Lipinski definition) is 7. The second-order valence-corrected chi connectivity index (χ2v) is 9.29. The zero-order chi connectivity index (χ0) is 16.6. The number of amides is 1. The number of carbonyl (C=O) groups is 1. The van der Waals surface area contributed by atoms with E-state index in [1.54, 1.807) is 13.8 Å². The summed E-state index contributed by atoms with van der Waals surface area (Å²) in [5, 5.41) is 2.61. The Morgan fingerprint density at radius 2 is 2.26 bits per heavy atom. The van der Waals surface area contributed by atoms with Crippen molar-refractivity contribution in [2.45, 2.75) is 37.0 Å². The number of hydrogen-bond donors (Lipinski definition) is 1. The van der Waals surface area contributed by atoms with Crippen LogP contribution in [-0.4, -0.2) is 25.9 Å². The molecule has 2 aromatic rings. The van der Waals surface area contributed by atoms with Crippen molar-refractivity contribution in [1.82, 2.24) is 9.71 Å². The number of fused-ring (bicyclic) bond motifs is 1. The lowest BCUT2D eigenvalue weighted by atomic mass is 10.1. The third kappa shape index (κ3) is 3.47. The third-order valence-electron chi connectivity index (χ3n) is 3.49. The molecule has 0 unspecified atom stereocenters. The summed E-state index contributed by atoms with van der Waals surface area (Å²) >= 11 is 2.59. The number of sulfonamides is 1. The lowest BCUT2D eigenvalue weighted by Gasteiger charge is -2.22. The standard InChI is InChI=1S/C14H16N2O4S3/c1-8-14(22-9(2)15-8)23(18,19)16-12(17)7-11-13-10(3-5-20-11)4-6-21-13/h4,6,11H,3,5,7H2,1-2H3,(H,16,17)/t11-/m0/s1. The highest BCUT2D eigenvalue weighted by atomic mass is 32.2. The number of thiophene rings is 1. The van der Waals surface area contributed by atoms with Gasteiger partial charge < -0.3 is 4.74 Å². The van der Waals surface area contributed by atoms with Crippen molar-refractivity contribution >= 4 is 38.6 Å². The maximum Gasteiger partial charge on any atom is 0.275 e. The van der Waals surface area contributed by atoms with Crippen molar-refractivity contribution in [1.29, 1.82) is 0 Å². The number of ether oxygens (including phenoxy) is 1. The second-order valence-electron chi connectivity index (χ2n) is 5.26. The highest BCUT2D eigenvalue weighted by Gasteiger charge is 2.28. The number of nitrogens with zero attached hydrogens (tertiary/aromatic N) is 1. The molecule has 1 atom stereocenters. The zero-order valence-corrected chi connectivity index (χ0v) is 15.1. The predicted molar refractivity (Wildman–Crippen MR) is 88.2 cm³/mol. The predicted octanol–water partition coefficient (Wildman–Crippen LogP) is 2.33. The van der Waals surface area contributed by atoms with E-state index in [4.69, 9.17) is 4.74 Å². The van der Waals surface area contributed by atoms with Gasteiger partial charge in [-0.05, 0) is 37.3 Å². The number of aryl methyl sites for hydroxylation is 2. The van der Waals surface area contributed by atoms with Crippen molar-refractivity contribution in [2.24, 2.45) is 0 Å². The molecule has 23 heavy (non-hydrogen) atoms. The molecule has 1 N–H and O–H groups in total. The van der Waals surface area contributed by atoms with E-state index in [-0.39, 0.29) is 16.7 Å². The molecular formula is C14H16N2O4S3. The van der Waals surface area contributed by atoms with Gasteiger partial charge in [-0.2, -0.15) is 0 Å². The Labute approximate surface area is 142 Å². The topological polar surface area (TPSA) is 85.4 Å². The molecular weight excluding hydrogens is 356 g/mol. The van der Waals surface area contributed by atoms with Gasteiger partial charge in [0.15, 0.2) is 4.21 Å². The Balaban J connectivity index is 1.72. The highest BCUT2D eigenvalue weighted by molar-refractivity contribution is 7.92. The van der Waals surface area contributed by atoms with Gasteiger partial charge in [-0.1, -0.05) is 0 Å².